The van der Waals surface area contributed by atoms with Crippen LogP contribution in [0.2, 0.25) is 0 Å². The minimum absolute atomic E-state index is 0.0157. The lowest BCUT2D eigenvalue weighted by atomic mass is 10.1. The molecule has 0 spiro atoms. The smallest absolute Gasteiger partial charge is 0.251 e. The molecule has 0 radical (unpaired) electrons. The maximum absolute atomic E-state index is 12.0. The summed E-state index contributed by atoms with van der Waals surface area (Å²) in [6.07, 6.45) is 0.952. The summed E-state index contributed by atoms with van der Waals surface area (Å²) in [5, 5.41) is 11.2. The zero-order valence-electron chi connectivity index (χ0n) is 12.8. The van der Waals surface area contributed by atoms with E-state index in [1.54, 1.807) is 6.07 Å². The van der Waals surface area contributed by atoms with Gasteiger partial charge in [0.15, 0.2) is 0 Å². The van der Waals surface area contributed by atoms with E-state index in [9.17, 15) is 13.2 Å². The van der Waals surface area contributed by atoms with E-state index >= 15 is 0 Å². The summed E-state index contributed by atoms with van der Waals surface area (Å²) in [6, 6.07) is 7.70. The Morgan fingerprint density at radius 2 is 2.05 bits per heavy atom. The van der Waals surface area contributed by atoms with Crippen molar-refractivity contribution in [2.24, 2.45) is 5.92 Å². The molecule has 120 valence electrons. The monoisotopic (exact) mass is 323 g/mol. The third-order valence-electron chi connectivity index (χ3n) is 2.94. The average Bonchev–Trinajstić information content (AvgIpc) is 2.47. The van der Waals surface area contributed by atoms with E-state index in [2.05, 4.69) is 23.9 Å². The molecule has 0 aromatic heterocycles. The Bertz CT molecular complexity index is 648. The summed E-state index contributed by atoms with van der Waals surface area (Å²) in [7, 11) is -3.70. The number of nitriles is 1. The van der Waals surface area contributed by atoms with Gasteiger partial charge >= 0.3 is 0 Å². The second-order valence-corrected chi connectivity index (χ2v) is 7.04. The van der Waals surface area contributed by atoms with Gasteiger partial charge in [-0.25, -0.2) is 13.1 Å². The highest BCUT2D eigenvalue weighted by molar-refractivity contribution is 7.89. The summed E-state index contributed by atoms with van der Waals surface area (Å²) in [5.74, 6) is 0.186. The second kappa shape index (κ2) is 8.51. The Labute approximate surface area is 131 Å². The van der Waals surface area contributed by atoms with Crippen molar-refractivity contribution < 1.29 is 13.2 Å². The maximum Gasteiger partial charge on any atom is 0.251 e. The lowest BCUT2D eigenvalue weighted by molar-refractivity contribution is 0.0952. The topological polar surface area (TPSA) is 99.1 Å². The summed E-state index contributed by atoms with van der Waals surface area (Å²) >= 11 is 0. The van der Waals surface area contributed by atoms with Crippen molar-refractivity contribution in [2.45, 2.75) is 31.6 Å². The first-order chi connectivity index (χ1) is 10.4. The van der Waals surface area contributed by atoms with E-state index in [-0.39, 0.29) is 23.8 Å². The largest absolute Gasteiger partial charge is 0.352 e. The van der Waals surface area contributed by atoms with Crippen LogP contribution in [0.3, 0.4) is 0 Å². The van der Waals surface area contributed by atoms with Gasteiger partial charge in [-0.1, -0.05) is 19.9 Å². The van der Waals surface area contributed by atoms with Gasteiger partial charge in [-0.05, 0) is 30.5 Å². The zero-order valence-corrected chi connectivity index (χ0v) is 13.6. The predicted octanol–water partition coefficient (Wildman–Crippen LogP) is 1.65. The molecule has 6 nitrogen and oxygen atoms in total. The number of hydrogen-bond donors (Lipinski definition) is 2. The molecule has 0 fully saturated rings. The van der Waals surface area contributed by atoms with Gasteiger partial charge < -0.3 is 5.32 Å². The van der Waals surface area contributed by atoms with Crippen LogP contribution in [0.25, 0.3) is 0 Å². The minimum atomic E-state index is -3.70. The van der Waals surface area contributed by atoms with Crippen LogP contribution < -0.4 is 10.0 Å². The highest BCUT2D eigenvalue weighted by Crippen LogP contribution is 2.11. The highest BCUT2D eigenvalue weighted by Gasteiger charge is 2.15. The molecule has 1 aromatic rings. The number of carbonyl (C=O) groups excluding carboxylic acids is 1. The SMILES string of the molecule is CC(C)CCNC(=O)c1cccc(S(=O)(=O)NCCC#N)c1. The Morgan fingerprint density at radius 3 is 2.68 bits per heavy atom. The van der Waals surface area contributed by atoms with Crippen molar-refractivity contribution in [3.63, 3.8) is 0 Å². The van der Waals surface area contributed by atoms with Crippen molar-refractivity contribution in [3.05, 3.63) is 29.8 Å². The number of rotatable bonds is 8. The molecular weight excluding hydrogens is 302 g/mol. The number of hydrogen-bond acceptors (Lipinski definition) is 4. The van der Waals surface area contributed by atoms with Crippen LogP contribution in [0.4, 0.5) is 0 Å². The molecule has 0 unspecified atom stereocenters. The average molecular weight is 323 g/mol. The lowest BCUT2D eigenvalue weighted by Gasteiger charge is -2.09. The fourth-order valence-corrected chi connectivity index (χ4v) is 2.78. The van der Waals surface area contributed by atoms with Crippen molar-refractivity contribution in [1.82, 2.24) is 10.0 Å². The number of benzene rings is 1. The Kier molecular flexibility index (Phi) is 7.02. The first kappa shape index (κ1) is 18.1. The van der Waals surface area contributed by atoms with Crippen LogP contribution in [-0.2, 0) is 10.0 Å². The van der Waals surface area contributed by atoms with Gasteiger partial charge in [0.05, 0.1) is 11.0 Å². The molecule has 0 aliphatic rings. The second-order valence-electron chi connectivity index (χ2n) is 5.27. The number of nitrogens with zero attached hydrogens (tertiary/aromatic N) is 1. The fraction of sp³-hybridized carbons (Fsp3) is 0.467. The normalized spacial score (nSPS) is 11.2. The molecule has 1 rings (SSSR count). The van der Waals surface area contributed by atoms with Gasteiger partial charge in [0.1, 0.15) is 0 Å². The maximum atomic E-state index is 12.0. The summed E-state index contributed by atoms with van der Waals surface area (Å²) in [5.41, 5.74) is 0.298. The molecule has 0 bridgehead atoms. The van der Waals surface area contributed by atoms with Gasteiger partial charge in [-0.3, -0.25) is 4.79 Å². The molecule has 0 atom stereocenters. The van der Waals surface area contributed by atoms with E-state index in [0.717, 1.165) is 6.42 Å². The quantitative estimate of drug-likeness (QED) is 0.711. The fourth-order valence-electron chi connectivity index (χ4n) is 1.71. The van der Waals surface area contributed by atoms with Crippen LogP contribution in [0.1, 0.15) is 37.0 Å². The molecule has 0 heterocycles. The van der Waals surface area contributed by atoms with Crippen molar-refractivity contribution >= 4 is 15.9 Å². The number of amides is 1. The van der Waals surface area contributed by atoms with Crippen LogP contribution in [0, 0.1) is 17.2 Å². The van der Waals surface area contributed by atoms with Crippen LogP contribution in [0.5, 0.6) is 0 Å². The highest BCUT2D eigenvalue weighted by atomic mass is 32.2. The van der Waals surface area contributed by atoms with Crippen molar-refractivity contribution in [3.8, 4) is 6.07 Å². The summed E-state index contributed by atoms with van der Waals surface area (Å²) < 4.78 is 26.4. The Morgan fingerprint density at radius 1 is 1.32 bits per heavy atom. The molecule has 0 saturated carbocycles. The van der Waals surface area contributed by atoms with Crippen molar-refractivity contribution in [1.29, 1.82) is 5.26 Å². The standard InChI is InChI=1S/C15H21N3O3S/c1-12(2)7-10-17-15(19)13-5-3-6-14(11-13)22(20,21)18-9-4-8-16/h3,5-6,11-12,18H,4,7,9-10H2,1-2H3,(H,17,19). The van der Waals surface area contributed by atoms with Crippen molar-refractivity contribution in [2.75, 3.05) is 13.1 Å². The first-order valence-electron chi connectivity index (χ1n) is 7.11. The van der Waals surface area contributed by atoms with Gasteiger partial charge in [-0.2, -0.15) is 5.26 Å². The molecule has 0 saturated heterocycles. The molecule has 0 aliphatic carbocycles. The van der Waals surface area contributed by atoms with E-state index in [1.807, 2.05) is 6.07 Å². The minimum Gasteiger partial charge on any atom is -0.352 e. The van der Waals surface area contributed by atoms with Crippen LogP contribution >= 0.6 is 0 Å². The van der Waals surface area contributed by atoms with E-state index in [1.165, 1.54) is 18.2 Å². The molecule has 7 heteroatoms. The number of sulfonamides is 1. The molecular formula is C15H21N3O3S. The molecule has 2 N–H and O–H groups in total. The number of nitrogens with one attached hydrogen (secondary N) is 2. The summed E-state index contributed by atoms with van der Waals surface area (Å²) in [6.45, 7) is 4.72. The Balaban J connectivity index is 2.77. The third kappa shape index (κ3) is 5.84. The van der Waals surface area contributed by atoms with Gasteiger partial charge in [0.25, 0.3) is 5.91 Å². The first-order valence-corrected chi connectivity index (χ1v) is 8.60. The molecule has 0 aliphatic heterocycles. The van der Waals surface area contributed by atoms with Crippen LogP contribution in [-0.4, -0.2) is 27.4 Å². The summed E-state index contributed by atoms with van der Waals surface area (Å²) in [4.78, 5) is 12.0. The van der Waals surface area contributed by atoms with Crippen LogP contribution in [0.15, 0.2) is 29.2 Å². The predicted molar refractivity (Wildman–Crippen MR) is 83.6 cm³/mol. The lowest BCUT2D eigenvalue weighted by Crippen LogP contribution is -2.27. The third-order valence-corrected chi connectivity index (χ3v) is 4.40. The number of carbonyl (C=O) groups is 1. The molecule has 22 heavy (non-hydrogen) atoms. The zero-order chi connectivity index (χ0) is 16.6. The van der Waals surface area contributed by atoms with E-state index in [0.29, 0.717) is 18.0 Å². The van der Waals surface area contributed by atoms with Gasteiger partial charge in [-0.15, -0.1) is 0 Å². The van der Waals surface area contributed by atoms with Gasteiger partial charge in [0, 0.05) is 25.1 Å². The molecule has 1 amide bonds. The Hall–Kier alpha value is -1.91. The molecule has 1 aromatic carbocycles. The van der Waals surface area contributed by atoms with Gasteiger partial charge in [0.2, 0.25) is 10.0 Å². The van der Waals surface area contributed by atoms with E-state index < -0.39 is 10.0 Å². The van der Waals surface area contributed by atoms with E-state index in [4.69, 9.17) is 5.26 Å².